The van der Waals surface area contributed by atoms with Gasteiger partial charge < -0.3 is 14.6 Å². The third-order valence-corrected chi connectivity index (χ3v) is 4.63. The molecule has 94 valence electrons. The van der Waals surface area contributed by atoms with Gasteiger partial charge in [-0.05, 0) is 19.9 Å². The van der Waals surface area contributed by atoms with Crippen molar-refractivity contribution < 1.29 is 9.26 Å². The molecule has 2 saturated heterocycles. The van der Waals surface area contributed by atoms with Crippen molar-refractivity contribution in [1.82, 2.24) is 15.5 Å². The molecule has 1 aromatic rings. The Bertz CT molecular complexity index is 379. The third-order valence-electron chi connectivity index (χ3n) is 3.44. The average molecular weight is 255 g/mol. The fourth-order valence-corrected chi connectivity index (χ4v) is 3.81. The summed E-state index contributed by atoms with van der Waals surface area (Å²) < 4.78 is 11.0. The van der Waals surface area contributed by atoms with E-state index >= 15 is 0 Å². The molecule has 0 amide bonds. The van der Waals surface area contributed by atoms with E-state index in [2.05, 4.69) is 15.5 Å². The minimum absolute atomic E-state index is 0.0505. The number of thioether (sulfide) groups is 1. The van der Waals surface area contributed by atoms with Gasteiger partial charge in [-0.1, -0.05) is 5.16 Å². The van der Waals surface area contributed by atoms with E-state index in [1.165, 1.54) is 0 Å². The zero-order valence-electron chi connectivity index (χ0n) is 9.89. The molecular weight excluding hydrogens is 238 g/mol. The van der Waals surface area contributed by atoms with Crippen LogP contribution in [0.15, 0.2) is 4.52 Å². The summed E-state index contributed by atoms with van der Waals surface area (Å²) in [6.45, 7) is 0.812. The van der Waals surface area contributed by atoms with Crippen LogP contribution in [-0.4, -0.2) is 41.3 Å². The molecule has 1 aromatic heterocycles. The molecule has 2 aliphatic rings. The fraction of sp³-hybridized carbons (Fsp3) is 0.818. The fourth-order valence-electron chi connectivity index (χ4n) is 2.39. The summed E-state index contributed by atoms with van der Waals surface area (Å²) in [5, 5.41) is 7.37. The Morgan fingerprint density at radius 3 is 3.12 bits per heavy atom. The second-order valence-electron chi connectivity index (χ2n) is 4.53. The summed E-state index contributed by atoms with van der Waals surface area (Å²) in [4.78, 5) is 4.52. The summed E-state index contributed by atoms with van der Waals surface area (Å²) >= 11 is 1.93. The minimum atomic E-state index is 0.0505. The van der Waals surface area contributed by atoms with Crippen LogP contribution in [0.3, 0.4) is 0 Å². The second kappa shape index (κ2) is 4.96. The van der Waals surface area contributed by atoms with Gasteiger partial charge in [-0.25, -0.2) is 0 Å². The van der Waals surface area contributed by atoms with Crippen molar-refractivity contribution in [2.45, 2.75) is 30.9 Å². The molecule has 0 radical (unpaired) electrons. The molecule has 0 aromatic carbocycles. The molecule has 1 N–H and O–H groups in total. The van der Waals surface area contributed by atoms with E-state index in [9.17, 15) is 0 Å². The predicted molar refractivity (Wildman–Crippen MR) is 65.1 cm³/mol. The Kier molecular flexibility index (Phi) is 3.35. The zero-order chi connectivity index (χ0) is 11.7. The van der Waals surface area contributed by atoms with Gasteiger partial charge in [-0.2, -0.15) is 16.7 Å². The largest absolute Gasteiger partial charge is 0.370 e. The van der Waals surface area contributed by atoms with Gasteiger partial charge in [0.15, 0.2) is 0 Å². The topological polar surface area (TPSA) is 60.2 Å². The van der Waals surface area contributed by atoms with Crippen LogP contribution in [0.5, 0.6) is 0 Å². The van der Waals surface area contributed by atoms with Crippen LogP contribution in [0.1, 0.15) is 36.6 Å². The Morgan fingerprint density at radius 1 is 1.41 bits per heavy atom. The van der Waals surface area contributed by atoms with Gasteiger partial charge in [0.2, 0.25) is 11.7 Å². The molecule has 6 heteroatoms. The molecule has 3 heterocycles. The zero-order valence-corrected chi connectivity index (χ0v) is 10.7. The Hall–Kier alpha value is -0.590. The van der Waals surface area contributed by atoms with Crippen molar-refractivity contribution in [2.24, 2.45) is 0 Å². The molecule has 17 heavy (non-hydrogen) atoms. The van der Waals surface area contributed by atoms with Crippen LogP contribution in [0.4, 0.5) is 0 Å². The highest BCUT2D eigenvalue weighted by Gasteiger charge is 2.33. The Morgan fingerprint density at radius 2 is 2.35 bits per heavy atom. The summed E-state index contributed by atoms with van der Waals surface area (Å²) in [6, 6.07) is 0.442. The average Bonchev–Trinajstić information content (AvgIpc) is 3.09. The first kappa shape index (κ1) is 11.5. The molecule has 0 saturated carbocycles. The first-order chi connectivity index (χ1) is 8.38. The van der Waals surface area contributed by atoms with Crippen LogP contribution < -0.4 is 5.32 Å². The number of hydrogen-bond donors (Lipinski definition) is 1. The standard InChI is InChI=1S/C11H17N3O2S/c1-12-8-6-17-5-7(8)11-13-10(14-16-11)9-3-2-4-15-9/h7-9,12H,2-6H2,1H3. The summed E-state index contributed by atoms with van der Waals surface area (Å²) in [7, 11) is 1.99. The molecular formula is C11H17N3O2S. The number of nitrogens with zero attached hydrogens (tertiary/aromatic N) is 2. The van der Waals surface area contributed by atoms with Gasteiger partial charge >= 0.3 is 0 Å². The van der Waals surface area contributed by atoms with Crippen LogP contribution >= 0.6 is 11.8 Å². The lowest BCUT2D eigenvalue weighted by Crippen LogP contribution is -2.31. The Balaban J connectivity index is 1.75. The number of hydrogen-bond acceptors (Lipinski definition) is 6. The maximum atomic E-state index is 5.56. The van der Waals surface area contributed by atoms with E-state index in [4.69, 9.17) is 9.26 Å². The number of rotatable bonds is 3. The lowest BCUT2D eigenvalue weighted by molar-refractivity contribution is 0.103. The maximum absolute atomic E-state index is 5.56. The van der Waals surface area contributed by atoms with E-state index in [0.29, 0.717) is 12.0 Å². The molecule has 0 bridgehead atoms. The SMILES string of the molecule is CNC1CSCC1c1nc(C2CCCO2)no1. The van der Waals surface area contributed by atoms with Crippen molar-refractivity contribution in [2.75, 3.05) is 25.2 Å². The lowest BCUT2D eigenvalue weighted by Gasteiger charge is -2.13. The van der Waals surface area contributed by atoms with E-state index < -0.39 is 0 Å². The number of likely N-dealkylation sites (N-methyl/N-ethyl adjacent to an activating group) is 1. The summed E-state index contributed by atoms with van der Waals surface area (Å²) in [6.07, 6.45) is 2.15. The highest BCUT2D eigenvalue weighted by atomic mass is 32.2. The molecule has 3 atom stereocenters. The van der Waals surface area contributed by atoms with Crippen LogP contribution in [0.25, 0.3) is 0 Å². The molecule has 3 unspecified atom stereocenters. The van der Waals surface area contributed by atoms with Crippen molar-refractivity contribution in [3.63, 3.8) is 0 Å². The number of nitrogens with one attached hydrogen (secondary N) is 1. The maximum Gasteiger partial charge on any atom is 0.232 e. The Labute approximate surface area is 105 Å². The smallest absolute Gasteiger partial charge is 0.232 e. The monoisotopic (exact) mass is 255 g/mol. The van der Waals surface area contributed by atoms with Crippen molar-refractivity contribution in [3.8, 4) is 0 Å². The van der Waals surface area contributed by atoms with E-state index in [1.54, 1.807) is 0 Å². The summed E-state index contributed by atoms with van der Waals surface area (Å²) in [5.41, 5.74) is 0. The van der Waals surface area contributed by atoms with E-state index in [-0.39, 0.29) is 6.10 Å². The minimum Gasteiger partial charge on any atom is -0.370 e. The van der Waals surface area contributed by atoms with E-state index in [1.807, 2.05) is 18.8 Å². The number of aromatic nitrogens is 2. The molecule has 5 nitrogen and oxygen atoms in total. The van der Waals surface area contributed by atoms with Gasteiger partial charge in [0.1, 0.15) is 6.10 Å². The first-order valence-corrected chi connectivity index (χ1v) is 7.24. The van der Waals surface area contributed by atoms with Gasteiger partial charge in [0.05, 0.1) is 5.92 Å². The molecule has 2 aliphatic heterocycles. The molecule has 0 spiro atoms. The van der Waals surface area contributed by atoms with Gasteiger partial charge in [-0.3, -0.25) is 0 Å². The van der Waals surface area contributed by atoms with Crippen LogP contribution in [-0.2, 0) is 4.74 Å². The number of ether oxygens (including phenoxy) is 1. The van der Waals surface area contributed by atoms with Crippen molar-refractivity contribution >= 4 is 11.8 Å². The summed E-state index contributed by atoms with van der Waals surface area (Å²) in [5.74, 6) is 3.99. The quantitative estimate of drug-likeness (QED) is 0.879. The molecule has 2 fully saturated rings. The first-order valence-electron chi connectivity index (χ1n) is 6.08. The highest BCUT2D eigenvalue weighted by molar-refractivity contribution is 7.99. The van der Waals surface area contributed by atoms with Gasteiger partial charge in [0, 0.05) is 24.2 Å². The van der Waals surface area contributed by atoms with Gasteiger partial charge in [-0.15, -0.1) is 0 Å². The highest BCUT2D eigenvalue weighted by Crippen LogP contribution is 2.33. The van der Waals surface area contributed by atoms with Crippen LogP contribution in [0, 0.1) is 0 Å². The lowest BCUT2D eigenvalue weighted by atomic mass is 10.0. The molecule has 3 rings (SSSR count). The van der Waals surface area contributed by atoms with Crippen molar-refractivity contribution in [1.29, 1.82) is 0 Å². The normalized spacial score (nSPS) is 33.4. The van der Waals surface area contributed by atoms with Crippen LogP contribution in [0.2, 0.25) is 0 Å². The van der Waals surface area contributed by atoms with Gasteiger partial charge in [0.25, 0.3) is 0 Å². The van der Waals surface area contributed by atoms with E-state index in [0.717, 1.165) is 42.7 Å². The van der Waals surface area contributed by atoms with Crippen molar-refractivity contribution in [3.05, 3.63) is 11.7 Å². The second-order valence-corrected chi connectivity index (χ2v) is 5.61. The molecule has 0 aliphatic carbocycles. The predicted octanol–water partition coefficient (Wildman–Crippen LogP) is 1.34. The third kappa shape index (κ3) is 2.21.